The lowest BCUT2D eigenvalue weighted by atomic mass is 10.1. The SMILES string of the molecule is COC(=O)C(C1CC1)N(C)Cc1cccc(Cl)c1. The molecule has 0 amide bonds. The van der Waals surface area contributed by atoms with Crippen LogP contribution in [0.5, 0.6) is 0 Å². The third-order valence-electron chi connectivity index (χ3n) is 3.31. The zero-order valence-corrected chi connectivity index (χ0v) is 11.5. The minimum Gasteiger partial charge on any atom is -0.468 e. The number of benzene rings is 1. The quantitative estimate of drug-likeness (QED) is 0.769. The second-order valence-corrected chi connectivity index (χ2v) is 5.29. The Morgan fingerprint density at radius 1 is 1.56 bits per heavy atom. The summed E-state index contributed by atoms with van der Waals surface area (Å²) < 4.78 is 4.89. The van der Waals surface area contributed by atoms with Gasteiger partial charge in [-0.1, -0.05) is 23.7 Å². The summed E-state index contributed by atoms with van der Waals surface area (Å²) in [6.45, 7) is 0.705. The van der Waals surface area contributed by atoms with E-state index in [0.717, 1.165) is 23.4 Å². The fraction of sp³-hybridized carbons (Fsp3) is 0.500. The average Bonchev–Trinajstić information content (AvgIpc) is 3.13. The summed E-state index contributed by atoms with van der Waals surface area (Å²) in [5, 5.41) is 0.724. The Bertz CT molecular complexity index is 432. The molecular weight excluding hydrogens is 250 g/mol. The van der Waals surface area contributed by atoms with Crippen molar-refractivity contribution < 1.29 is 9.53 Å². The first-order chi connectivity index (χ1) is 8.61. The van der Waals surface area contributed by atoms with E-state index in [1.807, 2.05) is 31.3 Å². The van der Waals surface area contributed by atoms with Gasteiger partial charge in [0.15, 0.2) is 0 Å². The predicted octanol–water partition coefficient (Wildman–Crippen LogP) is 2.72. The van der Waals surface area contributed by atoms with Crippen LogP contribution in [0.1, 0.15) is 18.4 Å². The van der Waals surface area contributed by atoms with E-state index in [-0.39, 0.29) is 12.0 Å². The van der Waals surface area contributed by atoms with Crippen molar-refractivity contribution in [2.24, 2.45) is 5.92 Å². The van der Waals surface area contributed by atoms with Crippen LogP contribution in [0.4, 0.5) is 0 Å². The van der Waals surface area contributed by atoms with Crippen molar-refractivity contribution in [3.05, 3.63) is 34.9 Å². The molecule has 0 radical (unpaired) electrons. The molecule has 1 aromatic carbocycles. The Kier molecular flexibility index (Phi) is 4.25. The number of hydrogen-bond donors (Lipinski definition) is 0. The van der Waals surface area contributed by atoms with Crippen molar-refractivity contribution in [3.8, 4) is 0 Å². The summed E-state index contributed by atoms with van der Waals surface area (Å²) >= 11 is 5.96. The largest absolute Gasteiger partial charge is 0.468 e. The smallest absolute Gasteiger partial charge is 0.323 e. The summed E-state index contributed by atoms with van der Waals surface area (Å²) in [6, 6.07) is 7.59. The van der Waals surface area contributed by atoms with E-state index < -0.39 is 0 Å². The molecule has 1 atom stereocenters. The maximum atomic E-state index is 11.8. The monoisotopic (exact) mass is 267 g/mol. The Labute approximate surface area is 113 Å². The van der Waals surface area contributed by atoms with Crippen LogP contribution >= 0.6 is 11.6 Å². The molecule has 1 saturated carbocycles. The van der Waals surface area contributed by atoms with E-state index in [0.29, 0.717) is 12.5 Å². The van der Waals surface area contributed by atoms with Gasteiger partial charge in [-0.05, 0) is 43.5 Å². The van der Waals surface area contributed by atoms with Crippen molar-refractivity contribution in [1.29, 1.82) is 0 Å². The highest BCUT2D eigenvalue weighted by Crippen LogP contribution is 2.36. The third-order valence-corrected chi connectivity index (χ3v) is 3.54. The molecule has 2 rings (SSSR count). The van der Waals surface area contributed by atoms with Crippen molar-refractivity contribution in [1.82, 2.24) is 4.90 Å². The number of nitrogens with zero attached hydrogens (tertiary/aromatic N) is 1. The number of methoxy groups -OCH3 is 1. The molecule has 0 N–H and O–H groups in total. The standard InChI is InChI=1S/C14H18ClNO2/c1-16(9-10-4-3-5-12(15)8-10)13(11-6-7-11)14(17)18-2/h3-5,8,11,13H,6-7,9H2,1-2H3. The molecule has 4 heteroatoms. The number of carbonyl (C=O) groups excluding carboxylic acids is 1. The lowest BCUT2D eigenvalue weighted by Crippen LogP contribution is -2.40. The van der Waals surface area contributed by atoms with Gasteiger partial charge in [0.25, 0.3) is 0 Å². The Hall–Kier alpha value is -1.06. The summed E-state index contributed by atoms with van der Waals surface area (Å²) in [7, 11) is 3.41. The number of halogens is 1. The first kappa shape index (κ1) is 13.4. The molecule has 0 bridgehead atoms. The predicted molar refractivity (Wildman–Crippen MR) is 71.4 cm³/mol. The number of hydrogen-bond acceptors (Lipinski definition) is 3. The minimum atomic E-state index is -0.137. The number of ether oxygens (including phenoxy) is 1. The molecule has 0 aromatic heterocycles. The van der Waals surface area contributed by atoms with E-state index in [1.54, 1.807) is 0 Å². The summed E-state index contributed by atoms with van der Waals surface area (Å²) in [5.74, 6) is 0.309. The minimum absolute atomic E-state index is 0.131. The van der Waals surface area contributed by atoms with Gasteiger partial charge in [0.2, 0.25) is 0 Å². The second-order valence-electron chi connectivity index (χ2n) is 4.85. The highest BCUT2D eigenvalue weighted by Gasteiger charge is 2.39. The van der Waals surface area contributed by atoms with E-state index in [4.69, 9.17) is 16.3 Å². The molecule has 3 nitrogen and oxygen atoms in total. The first-order valence-electron chi connectivity index (χ1n) is 6.14. The lowest BCUT2D eigenvalue weighted by Gasteiger charge is -2.25. The molecule has 1 aromatic rings. The van der Waals surface area contributed by atoms with Crippen LogP contribution in [0.2, 0.25) is 5.02 Å². The number of esters is 1. The van der Waals surface area contributed by atoms with Gasteiger partial charge in [-0.15, -0.1) is 0 Å². The van der Waals surface area contributed by atoms with Gasteiger partial charge in [-0.2, -0.15) is 0 Å². The molecule has 98 valence electrons. The van der Waals surface area contributed by atoms with Gasteiger partial charge in [0, 0.05) is 11.6 Å². The van der Waals surface area contributed by atoms with Crippen LogP contribution < -0.4 is 0 Å². The van der Waals surface area contributed by atoms with Crippen molar-refractivity contribution in [3.63, 3.8) is 0 Å². The van der Waals surface area contributed by atoms with Crippen LogP contribution in [-0.4, -0.2) is 31.1 Å². The van der Waals surface area contributed by atoms with Crippen LogP contribution in [0.3, 0.4) is 0 Å². The molecule has 0 saturated heterocycles. The van der Waals surface area contributed by atoms with Gasteiger partial charge in [0.05, 0.1) is 7.11 Å². The molecule has 1 fully saturated rings. The average molecular weight is 268 g/mol. The fourth-order valence-corrected chi connectivity index (χ4v) is 2.50. The maximum absolute atomic E-state index is 11.8. The molecule has 0 heterocycles. The molecule has 1 aliphatic carbocycles. The fourth-order valence-electron chi connectivity index (χ4n) is 2.29. The van der Waals surface area contributed by atoms with Crippen LogP contribution in [0.25, 0.3) is 0 Å². The Morgan fingerprint density at radius 3 is 2.83 bits per heavy atom. The van der Waals surface area contributed by atoms with Gasteiger partial charge >= 0.3 is 5.97 Å². The molecule has 0 spiro atoms. The zero-order valence-electron chi connectivity index (χ0n) is 10.7. The zero-order chi connectivity index (χ0) is 13.1. The van der Waals surface area contributed by atoms with Gasteiger partial charge < -0.3 is 4.74 Å². The van der Waals surface area contributed by atoms with E-state index >= 15 is 0 Å². The van der Waals surface area contributed by atoms with Crippen LogP contribution in [-0.2, 0) is 16.1 Å². The lowest BCUT2D eigenvalue weighted by molar-refractivity contribution is -0.147. The molecule has 1 aliphatic rings. The Balaban J connectivity index is 2.05. The number of rotatable bonds is 5. The number of likely N-dealkylation sites (N-methyl/N-ethyl adjacent to an activating group) is 1. The summed E-state index contributed by atoms with van der Waals surface area (Å²) in [5.41, 5.74) is 1.11. The van der Waals surface area contributed by atoms with E-state index in [1.165, 1.54) is 7.11 Å². The Morgan fingerprint density at radius 2 is 2.28 bits per heavy atom. The van der Waals surface area contributed by atoms with Crippen molar-refractivity contribution in [2.45, 2.75) is 25.4 Å². The van der Waals surface area contributed by atoms with E-state index in [9.17, 15) is 4.79 Å². The maximum Gasteiger partial charge on any atom is 0.323 e. The topological polar surface area (TPSA) is 29.5 Å². The van der Waals surface area contributed by atoms with Crippen molar-refractivity contribution in [2.75, 3.05) is 14.2 Å². The van der Waals surface area contributed by atoms with Crippen molar-refractivity contribution >= 4 is 17.6 Å². The molecule has 0 aliphatic heterocycles. The van der Waals surface area contributed by atoms with E-state index in [2.05, 4.69) is 4.90 Å². The molecule has 1 unspecified atom stereocenters. The third kappa shape index (κ3) is 3.24. The first-order valence-corrected chi connectivity index (χ1v) is 6.52. The molecule has 18 heavy (non-hydrogen) atoms. The molecular formula is C14H18ClNO2. The highest BCUT2D eigenvalue weighted by molar-refractivity contribution is 6.30. The second kappa shape index (κ2) is 5.72. The number of carbonyl (C=O) groups is 1. The summed E-state index contributed by atoms with van der Waals surface area (Å²) in [4.78, 5) is 13.9. The highest BCUT2D eigenvalue weighted by atomic mass is 35.5. The van der Waals surface area contributed by atoms with Gasteiger partial charge in [-0.25, -0.2) is 0 Å². The van der Waals surface area contributed by atoms with Crippen LogP contribution in [0.15, 0.2) is 24.3 Å². The van der Waals surface area contributed by atoms with Gasteiger partial charge in [0.1, 0.15) is 6.04 Å². The normalized spacial score (nSPS) is 16.7. The summed E-state index contributed by atoms with van der Waals surface area (Å²) in [6.07, 6.45) is 2.22. The van der Waals surface area contributed by atoms with Crippen LogP contribution in [0, 0.1) is 5.92 Å². The van der Waals surface area contributed by atoms with Gasteiger partial charge in [-0.3, -0.25) is 9.69 Å².